The third-order valence-electron chi connectivity index (χ3n) is 5.37. The summed E-state index contributed by atoms with van der Waals surface area (Å²) in [4.78, 5) is 28.2. The Balaban J connectivity index is 1.60. The van der Waals surface area contributed by atoms with Gasteiger partial charge in [0.25, 0.3) is 5.56 Å². The van der Waals surface area contributed by atoms with Gasteiger partial charge in [0.15, 0.2) is 0 Å². The van der Waals surface area contributed by atoms with E-state index in [4.69, 9.17) is 4.74 Å². The van der Waals surface area contributed by atoms with E-state index in [0.717, 1.165) is 32.2 Å². The highest BCUT2D eigenvalue weighted by atomic mass is 16.5. The Labute approximate surface area is 180 Å². The summed E-state index contributed by atoms with van der Waals surface area (Å²) in [7, 11) is 3.98. The van der Waals surface area contributed by atoms with E-state index < -0.39 is 0 Å². The fourth-order valence-electron chi connectivity index (χ4n) is 3.76. The highest BCUT2D eigenvalue weighted by Crippen LogP contribution is 2.30. The van der Waals surface area contributed by atoms with Crippen molar-refractivity contribution in [3.63, 3.8) is 0 Å². The smallest absolute Gasteiger partial charge is 0.270 e. The van der Waals surface area contributed by atoms with Crippen LogP contribution in [0.2, 0.25) is 0 Å². The molecule has 0 aliphatic heterocycles. The zero-order valence-corrected chi connectivity index (χ0v) is 17.7. The number of nitrogens with zero attached hydrogens (tertiary/aromatic N) is 6. The summed E-state index contributed by atoms with van der Waals surface area (Å²) in [5, 5.41) is 13.1. The summed E-state index contributed by atoms with van der Waals surface area (Å²) in [6.07, 6.45) is 7.24. The molecule has 3 aromatic rings. The van der Waals surface area contributed by atoms with Gasteiger partial charge in [-0.2, -0.15) is 10.2 Å². The second-order valence-corrected chi connectivity index (χ2v) is 7.91. The highest BCUT2D eigenvalue weighted by molar-refractivity contribution is 5.77. The molecule has 0 atom stereocenters. The molecule has 31 heavy (non-hydrogen) atoms. The first-order valence-electron chi connectivity index (χ1n) is 10.4. The van der Waals surface area contributed by atoms with E-state index in [1.54, 1.807) is 29.1 Å². The van der Waals surface area contributed by atoms with Gasteiger partial charge >= 0.3 is 0 Å². The summed E-state index contributed by atoms with van der Waals surface area (Å²) in [6, 6.07) is 7.25. The third-order valence-corrected chi connectivity index (χ3v) is 5.37. The van der Waals surface area contributed by atoms with Crippen LogP contribution in [0.15, 0.2) is 35.4 Å². The minimum Gasteiger partial charge on any atom is -0.491 e. The molecule has 0 radical (unpaired) electrons. The number of nitrogens with one attached hydrogen (secondary N) is 1. The maximum atomic E-state index is 12.9. The molecule has 160 valence electrons. The summed E-state index contributed by atoms with van der Waals surface area (Å²) in [5.74, 6) is 1.60. The number of hydrogen-bond acceptors (Lipinski definition) is 8. The molecule has 1 aliphatic carbocycles. The Kier molecular flexibility index (Phi) is 6.09. The molecule has 1 aliphatic rings. The summed E-state index contributed by atoms with van der Waals surface area (Å²) in [5.41, 5.74) is 0.371. The van der Waals surface area contributed by atoms with Crippen molar-refractivity contribution in [2.45, 2.75) is 31.7 Å². The topological polar surface area (TPSA) is 109 Å². The fraction of sp³-hybridized carbons (Fsp3) is 0.409. The Morgan fingerprint density at radius 1 is 1.26 bits per heavy atom. The first-order chi connectivity index (χ1) is 15.0. The van der Waals surface area contributed by atoms with Crippen molar-refractivity contribution >= 4 is 22.8 Å². The van der Waals surface area contributed by atoms with Crippen molar-refractivity contribution in [2.75, 3.05) is 32.6 Å². The van der Waals surface area contributed by atoms with Crippen molar-refractivity contribution in [1.82, 2.24) is 24.4 Å². The molecule has 0 amide bonds. The zero-order chi connectivity index (χ0) is 21.8. The van der Waals surface area contributed by atoms with Crippen LogP contribution in [0, 0.1) is 11.3 Å². The molecule has 0 unspecified atom stereocenters. The van der Waals surface area contributed by atoms with Gasteiger partial charge in [0.1, 0.15) is 35.5 Å². The van der Waals surface area contributed by atoms with Gasteiger partial charge in [-0.3, -0.25) is 9.36 Å². The van der Waals surface area contributed by atoms with Gasteiger partial charge in [0, 0.05) is 24.2 Å². The Bertz CT molecular complexity index is 1160. The summed E-state index contributed by atoms with van der Waals surface area (Å²) >= 11 is 0. The first kappa shape index (κ1) is 20.8. The largest absolute Gasteiger partial charge is 0.491 e. The van der Waals surface area contributed by atoms with Gasteiger partial charge in [-0.1, -0.05) is 12.8 Å². The number of ether oxygens (including phenoxy) is 1. The third kappa shape index (κ3) is 4.64. The summed E-state index contributed by atoms with van der Waals surface area (Å²) < 4.78 is 7.33. The minimum atomic E-state index is -0.288. The molecule has 1 saturated carbocycles. The number of hydrogen-bond donors (Lipinski definition) is 1. The van der Waals surface area contributed by atoms with E-state index in [-0.39, 0.29) is 17.2 Å². The number of anilines is 2. The molecule has 1 N–H and O–H groups in total. The van der Waals surface area contributed by atoms with Crippen LogP contribution >= 0.6 is 0 Å². The summed E-state index contributed by atoms with van der Waals surface area (Å²) in [6.45, 7) is 1.40. The Morgan fingerprint density at radius 3 is 2.74 bits per heavy atom. The van der Waals surface area contributed by atoms with E-state index in [2.05, 4.69) is 20.3 Å². The standard InChI is InChI=1S/C22H25N7O2/c1-28(2)9-10-31-18-7-8-19(24-14-18)26-22-25-13-16-11-15(12-23)21(30)29(20(16)27-22)17-5-3-4-6-17/h7-8,11,13-14,17H,3-6,9-10H2,1-2H3,(H,24,25,26,27). The number of pyridine rings is 2. The van der Waals surface area contributed by atoms with Gasteiger partial charge in [-0.05, 0) is 45.1 Å². The number of nitriles is 1. The maximum Gasteiger partial charge on any atom is 0.270 e. The van der Waals surface area contributed by atoms with Crippen molar-refractivity contribution in [2.24, 2.45) is 0 Å². The van der Waals surface area contributed by atoms with Crippen LogP contribution in [0.25, 0.3) is 11.0 Å². The van der Waals surface area contributed by atoms with E-state index >= 15 is 0 Å². The lowest BCUT2D eigenvalue weighted by atomic mass is 10.2. The molecule has 0 spiro atoms. The number of fused-ring (bicyclic) bond motifs is 1. The predicted molar refractivity (Wildman–Crippen MR) is 118 cm³/mol. The number of likely N-dealkylation sites (N-methyl/N-ethyl adjacent to an activating group) is 1. The molecule has 3 heterocycles. The molecular formula is C22H25N7O2. The zero-order valence-electron chi connectivity index (χ0n) is 17.7. The molecular weight excluding hydrogens is 394 g/mol. The first-order valence-corrected chi connectivity index (χ1v) is 10.4. The van der Waals surface area contributed by atoms with Gasteiger partial charge in [0.05, 0.1) is 6.20 Å². The van der Waals surface area contributed by atoms with E-state index in [9.17, 15) is 10.1 Å². The SMILES string of the molecule is CN(C)CCOc1ccc(Nc2ncc3cc(C#N)c(=O)n(C4CCCC4)c3n2)nc1. The second kappa shape index (κ2) is 9.10. The molecule has 0 bridgehead atoms. The van der Waals surface area contributed by atoms with Crippen LogP contribution in [0.4, 0.5) is 11.8 Å². The number of aromatic nitrogens is 4. The van der Waals surface area contributed by atoms with Crippen molar-refractivity contribution < 1.29 is 4.74 Å². The van der Waals surface area contributed by atoms with Crippen LogP contribution in [-0.2, 0) is 0 Å². The van der Waals surface area contributed by atoms with Crippen LogP contribution in [-0.4, -0.2) is 51.7 Å². The van der Waals surface area contributed by atoms with Gasteiger partial charge in [-0.25, -0.2) is 9.97 Å². The maximum absolute atomic E-state index is 12.9. The van der Waals surface area contributed by atoms with Crippen LogP contribution in [0.1, 0.15) is 37.3 Å². The van der Waals surface area contributed by atoms with Crippen molar-refractivity contribution in [3.8, 4) is 11.8 Å². The Hall–Kier alpha value is -3.51. The average molecular weight is 419 g/mol. The lowest BCUT2D eigenvalue weighted by molar-refractivity contribution is 0.260. The van der Waals surface area contributed by atoms with E-state index in [0.29, 0.717) is 35.2 Å². The predicted octanol–water partition coefficient (Wildman–Crippen LogP) is 2.86. The lowest BCUT2D eigenvalue weighted by Crippen LogP contribution is -2.26. The minimum absolute atomic E-state index is 0.0581. The lowest BCUT2D eigenvalue weighted by Gasteiger charge is -2.17. The van der Waals surface area contributed by atoms with E-state index in [1.165, 1.54) is 0 Å². The average Bonchev–Trinajstić information content (AvgIpc) is 3.28. The van der Waals surface area contributed by atoms with Crippen LogP contribution in [0.5, 0.6) is 5.75 Å². The molecule has 0 saturated heterocycles. The molecule has 3 aromatic heterocycles. The molecule has 0 aromatic carbocycles. The quantitative estimate of drug-likeness (QED) is 0.623. The van der Waals surface area contributed by atoms with Gasteiger partial charge in [0.2, 0.25) is 5.95 Å². The molecule has 9 nitrogen and oxygen atoms in total. The highest BCUT2D eigenvalue weighted by Gasteiger charge is 2.22. The number of rotatable bonds is 7. The van der Waals surface area contributed by atoms with Crippen molar-refractivity contribution in [3.05, 3.63) is 46.5 Å². The normalized spacial score (nSPS) is 14.1. The fourth-order valence-corrected chi connectivity index (χ4v) is 3.76. The molecule has 1 fully saturated rings. The van der Waals surface area contributed by atoms with Gasteiger partial charge in [-0.15, -0.1) is 0 Å². The van der Waals surface area contributed by atoms with Crippen molar-refractivity contribution in [1.29, 1.82) is 5.26 Å². The van der Waals surface area contributed by atoms with Crippen LogP contribution in [0.3, 0.4) is 0 Å². The van der Waals surface area contributed by atoms with Crippen LogP contribution < -0.4 is 15.6 Å². The Morgan fingerprint density at radius 2 is 2.06 bits per heavy atom. The monoisotopic (exact) mass is 419 g/mol. The molecule has 4 rings (SSSR count). The molecule has 9 heteroatoms. The van der Waals surface area contributed by atoms with E-state index in [1.807, 2.05) is 31.1 Å². The second-order valence-electron chi connectivity index (χ2n) is 7.91. The van der Waals surface area contributed by atoms with Gasteiger partial charge < -0.3 is 15.0 Å².